The molecule has 0 N–H and O–H groups in total. The van der Waals surface area contributed by atoms with E-state index in [-0.39, 0.29) is 32.9 Å². The summed E-state index contributed by atoms with van der Waals surface area (Å²) in [5, 5.41) is 18.4. The second-order valence-corrected chi connectivity index (χ2v) is 1.56. The van der Waals surface area contributed by atoms with Crippen LogP contribution < -0.4 is 10.2 Å². The van der Waals surface area contributed by atoms with Crippen LogP contribution in [-0.4, -0.2) is 11.9 Å². The van der Waals surface area contributed by atoms with Crippen LogP contribution in [0, 0.1) is 0 Å². The molecule has 0 aromatic heterocycles. The molecule has 0 aliphatic carbocycles. The predicted octanol–water partition coefficient (Wildman–Crippen LogP) is -1.93. The molecule has 0 rings (SSSR count). The summed E-state index contributed by atoms with van der Waals surface area (Å²) in [6.07, 6.45) is 0. The van der Waals surface area contributed by atoms with Gasteiger partial charge in [-0.25, -0.2) is 0 Å². The van der Waals surface area contributed by atoms with Crippen LogP contribution in [0.25, 0.3) is 0 Å². The Morgan fingerprint density at radius 1 is 1.18 bits per heavy atom. The summed E-state index contributed by atoms with van der Waals surface area (Å²) < 4.78 is 0. The molecule has 0 atom stereocenters. The van der Waals surface area contributed by atoms with E-state index in [1.165, 1.54) is 6.92 Å². The molecular formula is C6H8CdO4. The third-order valence-corrected chi connectivity index (χ3v) is 0.348. The molecule has 5 heteroatoms. The van der Waals surface area contributed by atoms with Crippen LogP contribution in [-0.2, 0) is 36.9 Å². The minimum Gasteiger partial charge on any atom is -0.550 e. The normalized spacial score (nSPS) is 6.36. The van der Waals surface area contributed by atoms with Crippen molar-refractivity contribution in [2.75, 3.05) is 0 Å². The predicted molar refractivity (Wildman–Crippen MR) is 30.5 cm³/mol. The fraction of sp³-hybridized carbons (Fsp3) is 0.333. The number of carbonyl (C=O) groups is 2. The molecular weight excluding hydrogens is 248 g/mol. The van der Waals surface area contributed by atoms with Crippen LogP contribution >= 0.6 is 0 Å². The molecule has 0 unspecified atom stereocenters. The van der Waals surface area contributed by atoms with E-state index >= 15 is 0 Å². The van der Waals surface area contributed by atoms with Crippen LogP contribution in [0.4, 0.5) is 0 Å². The van der Waals surface area contributed by atoms with Crippen molar-refractivity contribution in [3.63, 3.8) is 0 Å². The van der Waals surface area contributed by atoms with Crippen LogP contribution in [0.3, 0.4) is 0 Å². The Balaban J connectivity index is -0.000000114. The van der Waals surface area contributed by atoms with Crippen molar-refractivity contribution in [1.82, 2.24) is 0 Å². The van der Waals surface area contributed by atoms with Crippen LogP contribution in [0.5, 0.6) is 0 Å². The molecule has 4 nitrogen and oxygen atoms in total. The van der Waals surface area contributed by atoms with Gasteiger partial charge in [0, 0.05) is 5.97 Å². The molecule has 0 saturated heterocycles. The first-order chi connectivity index (χ1) is 4.37. The van der Waals surface area contributed by atoms with E-state index in [1.807, 2.05) is 0 Å². The maximum atomic E-state index is 9.49. The van der Waals surface area contributed by atoms with Gasteiger partial charge in [0.05, 0.1) is 5.97 Å². The molecule has 0 amide bonds. The van der Waals surface area contributed by atoms with Gasteiger partial charge >= 0.3 is 27.3 Å². The van der Waals surface area contributed by atoms with Gasteiger partial charge in [0.1, 0.15) is 0 Å². The second-order valence-electron chi connectivity index (χ2n) is 1.56. The summed E-state index contributed by atoms with van der Waals surface area (Å²) in [5.74, 6) is -2.27. The molecule has 58 valence electrons. The van der Waals surface area contributed by atoms with E-state index in [1.54, 1.807) is 0 Å². The van der Waals surface area contributed by atoms with Gasteiger partial charge in [-0.1, -0.05) is 6.58 Å². The van der Waals surface area contributed by atoms with Crippen molar-refractivity contribution in [1.29, 1.82) is 0 Å². The second kappa shape index (κ2) is 9.60. The number of carbonyl (C=O) groups excluding carboxylic acids is 2. The molecule has 0 spiro atoms. The van der Waals surface area contributed by atoms with Gasteiger partial charge in [-0.05, 0) is 19.4 Å². The number of carboxylic acid groups (broad SMARTS) is 2. The van der Waals surface area contributed by atoms with Crippen molar-refractivity contribution in [2.45, 2.75) is 13.8 Å². The molecule has 0 aromatic rings. The van der Waals surface area contributed by atoms with E-state index in [0.717, 1.165) is 6.92 Å². The average molecular weight is 257 g/mol. The third-order valence-electron chi connectivity index (χ3n) is 0.348. The Kier molecular flexibility index (Phi) is 14.8. The van der Waals surface area contributed by atoms with Crippen molar-refractivity contribution < 1.29 is 47.1 Å². The Morgan fingerprint density at radius 2 is 1.27 bits per heavy atom. The van der Waals surface area contributed by atoms with Crippen molar-refractivity contribution in [2.24, 2.45) is 0 Å². The topological polar surface area (TPSA) is 80.3 Å². The largest absolute Gasteiger partial charge is 2.00 e. The zero-order chi connectivity index (χ0) is 8.73. The summed E-state index contributed by atoms with van der Waals surface area (Å²) in [7, 11) is 0. The zero-order valence-electron chi connectivity index (χ0n) is 6.55. The minimum atomic E-state index is -1.19. The molecule has 0 aromatic carbocycles. The molecule has 0 fully saturated rings. The number of aliphatic carboxylic acids is 2. The molecule has 0 heterocycles. The molecule has 0 saturated carbocycles. The Morgan fingerprint density at radius 3 is 1.27 bits per heavy atom. The fourth-order valence-electron chi connectivity index (χ4n) is 0. The monoisotopic (exact) mass is 258 g/mol. The fourth-order valence-corrected chi connectivity index (χ4v) is 0. The van der Waals surface area contributed by atoms with Gasteiger partial charge in [-0.15, -0.1) is 0 Å². The summed E-state index contributed by atoms with van der Waals surface area (Å²) in [5.41, 5.74) is 0.0648. The SMILES string of the molecule is C=C(C)C(=O)[O-].CC(=O)[O-].[Cd+2]. The van der Waals surface area contributed by atoms with E-state index < -0.39 is 11.9 Å². The van der Waals surface area contributed by atoms with E-state index in [2.05, 4.69) is 6.58 Å². The van der Waals surface area contributed by atoms with Gasteiger partial charge in [0.2, 0.25) is 0 Å². The van der Waals surface area contributed by atoms with Gasteiger partial charge in [-0.2, -0.15) is 0 Å². The minimum absolute atomic E-state index is 0. The van der Waals surface area contributed by atoms with Crippen LogP contribution in [0.2, 0.25) is 0 Å². The molecule has 0 bridgehead atoms. The first-order valence-corrected chi connectivity index (χ1v) is 2.42. The van der Waals surface area contributed by atoms with Gasteiger partial charge in [0.25, 0.3) is 0 Å². The molecule has 0 aliphatic rings. The number of carboxylic acids is 2. The summed E-state index contributed by atoms with van der Waals surface area (Å²) >= 11 is 0. The smallest absolute Gasteiger partial charge is 0.550 e. The Labute approximate surface area is 85.1 Å². The van der Waals surface area contributed by atoms with Crippen molar-refractivity contribution in [3.8, 4) is 0 Å². The molecule has 0 radical (unpaired) electrons. The molecule has 11 heavy (non-hydrogen) atoms. The summed E-state index contributed by atoms with van der Waals surface area (Å²) in [6, 6.07) is 0. The number of hydrogen-bond acceptors (Lipinski definition) is 4. The van der Waals surface area contributed by atoms with Gasteiger partial charge < -0.3 is 19.8 Å². The number of rotatable bonds is 1. The van der Waals surface area contributed by atoms with Gasteiger partial charge in [0.15, 0.2) is 0 Å². The summed E-state index contributed by atoms with van der Waals surface area (Å²) in [6.45, 7) is 5.45. The quantitative estimate of drug-likeness (QED) is 0.404. The molecule has 0 aliphatic heterocycles. The van der Waals surface area contributed by atoms with Crippen molar-refractivity contribution >= 4 is 11.9 Å². The first-order valence-electron chi connectivity index (χ1n) is 2.42. The summed E-state index contributed by atoms with van der Waals surface area (Å²) in [4.78, 5) is 18.4. The standard InChI is InChI=1S/C4H6O2.C2H4O2.Cd/c1-3(2)4(5)6;1-2(3)4;/h1H2,2H3,(H,5,6);1H3,(H,3,4);/q;;+2/p-2. The third kappa shape index (κ3) is 42.8. The van der Waals surface area contributed by atoms with Gasteiger partial charge in [-0.3, -0.25) is 0 Å². The first kappa shape index (κ1) is 16.9. The maximum Gasteiger partial charge on any atom is 2.00 e. The Hall–Kier alpha value is -0.398. The van der Waals surface area contributed by atoms with Crippen LogP contribution in [0.1, 0.15) is 13.8 Å². The van der Waals surface area contributed by atoms with E-state index in [9.17, 15) is 9.90 Å². The maximum absolute atomic E-state index is 9.49. The average Bonchev–Trinajstić information content (AvgIpc) is 1.63. The van der Waals surface area contributed by atoms with Crippen molar-refractivity contribution in [3.05, 3.63) is 12.2 Å². The number of hydrogen-bond donors (Lipinski definition) is 0. The van der Waals surface area contributed by atoms with Crippen LogP contribution in [0.15, 0.2) is 12.2 Å². The Bertz CT molecular complexity index is 137. The zero-order valence-corrected chi connectivity index (χ0v) is 10.6. The van der Waals surface area contributed by atoms with E-state index in [0.29, 0.717) is 0 Å². The van der Waals surface area contributed by atoms with E-state index in [4.69, 9.17) is 9.90 Å².